The van der Waals surface area contributed by atoms with Crippen molar-refractivity contribution in [2.45, 2.75) is 38.6 Å². The summed E-state index contributed by atoms with van der Waals surface area (Å²) in [4.78, 5) is 22.8. The first-order chi connectivity index (χ1) is 7.03. The molecule has 1 spiro atoms. The summed E-state index contributed by atoms with van der Waals surface area (Å²) in [6, 6.07) is 0. The summed E-state index contributed by atoms with van der Waals surface area (Å²) in [6.07, 6.45) is 2.13. The topological polar surface area (TPSA) is 58.2 Å². The number of carbonyl (C=O) groups is 2. The molecule has 2 fully saturated rings. The second kappa shape index (κ2) is 3.59. The van der Waals surface area contributed by atoms with Crippen LogP contribution < -0.4 is 10.6 Å². The van der Waals surface area contributed by atoms with Gasteiger partial charge in [-0.2, -0.15) is 0 Å². The Morgan fingerprint density at radius 1 is 1.40 bits per heavy atom. The molecule has 4 heteroatoms. The molecule has 2 heterocycles. The van der Waals surface area contributed by atoms with Gasteiger partial charge in [-0.1, -0.05) is 13.8 Å². The number of nitrogens with one attached hydrogen (secondary N) is 2. The molecule has 2 amide bonds. The molecule has 0 aromatic carbocycles. The van der Waals surface area contributed by atoms with Gasteiger partial charge in [-0.3, -0.25) is 14.9 Å². The Kier molecular flexibility index (Phi) is 2.54. The number of amides is 2. The first kappa shape index (κ1) is 10.6. The van der Waals surface area contributed by atoms with Crippen molar-refractivity contribution in [1.82, 2.24) is 10.6 Å². The second-order valence-electron chi connectivity index (χ2n) is 5.06. The summed E-state index contributed by atoms with van der Waals surface area (Å²) in [5.74, 6) is 0.986. The maximum Gasteiger partial charge on any atom is 0.247 e. The average molecular weight is 210 g/mol. The molecular weight excluding hydrogens is 192 g/mol. The van der Waals surface area contributed by atoms with Crippen LogP contribution in [0.15, 0.2) is 0 Å². The van der Waals surface area contributed by atoms with Gasteiger partial charge < -0.3 is 5.32 Å². The molecule has 2 rings (SSSR count). The van der Waals surface area contributed by atoms with Crippen molar-refractivity contribution < 1.29 is 9.59 Å². The predicted molar refractivity (Wildman–Crippen MR) is 56.1 cm³/mol. The molecule has 2 aliphatic heterocycles. The number of piperidine rings is 1. The van der Waals surface area contributed by atoms with Crippen molar-refractivity contribution in [3.8, 4) is 0 Å². The molecule has 0 aromatic rings. The zero-order valence-corrected chi connectivity index (χ0v) is 9.30. The smallest absolute Gasteiger partial charge is 0.247 e. The lowest BCUT2D eigenvalue weighted by Gasteiger charge is -2.37. The molecule has 0 radical (unpaired) electrons. The molecule has 2 aliphatic rings. The zero-order valence-electron chi connectivity index (χ0n) is 9.30. The average Bonchev–Trinajstić information content (AvgIpc) is 2.42. The van der Waals surface area contributed by atoms with Crippen LogP contribution in [-0.2, 0) is 9.59 Å². The Bertz CT molecular complexity index is 291. The maximum atomic E-state index is 11.6. The highest BCUT2D eigenvalue weighted by Crippen LogP contribution is 2.32. The normalized spacial score (nSPS) is 36.3. The predicted octanol–water partition coefficient (Wildman–Crippen LogP) is 0.427. The first-order valence-corrected chi connectivity index (χ1v) is 5.63. The van der Waals surface area contributed by atoms with E-state index in [4.69, 9.17) is 0 Å². The van der Waals surface area contributed by atoms with Crippen LogP contribution in [0.3, 0.4) is 0 Å². The molecule has 0 bridgehead atoms. The van der Waals surface area contributed by atoms with E-state index >= 15 is 0 Å². The van der Waals surface area contributed by atoms with Gasteiger partial charge in [-0.15, -0.1) is 0 Å². The fraction of sp³-hybridized carbons (Fsp3) is 0.818. The Hall–Kier alpha value is -0.900. The van der Waals surface area contributed by atoms with Crippen molar-refractivity contribution in [2.24, 2.45) is 11.8 Å². The third-order valence-corrected chi connectivity index (χ3v) is 3.74. The van der Waals surface area contributed by atoms with Crippen molar-refractivity contribution in [3.63, 3.8) is 0 Å². The van der Waals surface area contributed by atoms with Gasteiger partial charge >= 0.3 is 0 Å². The van der Waals surface area contributed by atoms with Gasteiger partial charge in [0, 0.05) is 0 Å². The molecular formula is C11H18N2O2. The van der Waals surface area contributed by atoms with Gasteiger partial charge in [0.2, 0.25) is 11.8 Å². The van der Waals surface area contributed by atoms with Crippen LogP contribution >= 0.6 is 0 Å². The highest BCUT2D eigenvalue weighted by atomic mass is 16.2. The van der Waals surface area contributed by atoms with Gasteiger partial charge in [0.1, 0.15) is 5.54 Å². The minimum absolute atomic E-state index is 0.130. The lowest BCUT2D eigenvalue weighted by Crippen LogP contribution is -2.56. The second-order valence-corrected chi connectivity index (χ2v) is 5.06. The van der Waals surface area contributed by atoms with Gasteiger partial charge in [0.15, 0.2) is 0 Å². The number of hydrogen-bond donors (Lipinski definition) is 2. The third-order valence-electron chi connectivity index (χ3n) is 3.74. The number of carbonyl (C=O) groups excluding carboxylic acids is 2. The first-order valence-electron chi connectivity index (χ1n) is 5.63. The molecule has 4 nitrogen and oxygen atoms in total. The van der Waals surface area contributed by atoms with Crippen molar-refractivity contribution in [2.75, 3.05) is 6.54 Å². The molecule has 84 valence electrons. The molecule has 2 saturated heterocycles. The minimum atomic E-state index is -0.581. The zero-order chi connectivity index (χ0) is 11.1. The highest BCUT2D eigenvalue weighted by molar-refractivity contribution is 6.08. The van der Waals surface area contributed by atoms with E-state index in [1.807, 2.05) is 0 Å². The summed E-state index contributed by atoms with van der Waals surface area (Å²) < 4.78 is 0. The maximum absolute atomic E-state index is 11.6. The van der Waals surface area contributed by atoms with Gasteiger partial charge in [0.05, 0.1) is 6.42 Å². The molecule has 2 unspecified atom stereocenters. The SMILES string of the molecule is CC(C)C1CCC2(CC(=O)NC2=O)NC1. The largest absolute Gasteiger partial charge is 0.303 e. The monoisotopic (exact) mass is 210 g/mol. The van der Waals surface area contributed by atoms with Crippen LogP contribution in [0.5, 0.6) is 0 Å². The molecule has 2 atom stereocenters. The Morgan fingerprint density at radius 3 is 2.53 bits per heavy atom. The van der Waals surface area contributed by atoms with Crippen LogP contribution in [0.2, 0.25) is 0 Å². The van der Waals surface area contributed by atoms with Gasteiger partial charge in [0.25, 0.3) is 0 Å². The van der Waals surface area contributed by atoms with Crippen molar-refractivity contribution in [1.29, 1.82) is 0 Å². The Balaban J connectivity index is 2.03. The highest BCUT2D eigenvalue weighted by Gasteiger charge is 2.48. The van der Waals surface area contributed by atoms with Crippen LogP contribution in [0.1, 0.15) is 33.1 Å². The molecule has 0 aromatic heterocycles. The quantitative estimate of drug-likeness (QED) is 0.617. The number of rotatable bonds is 1. The lowest BCUT2D eigenvalue weighted by molar-refractivity contribution is -0.127. The summed E-state index contributed by atoms with van der Waals surface area (Å²) in [5.41, 5.74) is -0.581. The van der Waals surface area contributed by atoms with E-state index in [1.54, 1.807) is 0 Å². The summed E-state index contributed by atoms with van der Waals surface area (Å²) in [7, 11) is 0. The molecule has 0 aliphatic carbocycles. The Morgan fingerprint density at radius 2 is 2.13 bits per heavy atom. The summed E-state index contributed by atoms with van der Waals surface area (Å²) in [6.45, 7) is 5.24. The van der Waals surface area contributed by atoms with Gasteiger partial charge in [-0.25, -0.2) is 0 Å². The van der Waals surface area contributed by atoms with Crippen molar-refractivity contribution >= 4 is 11.8 Å². The van der Waals surface area contributed by atoms with Crippen LogP contribution in [0.25, 0.3) is 0 Å². The number of imide groups is 1. The lowest BCUT2D eigenvalue weighted by atomic mass is 9.79. The van der Waals surface area contributed by atoms with Crippen LogP contribution in [0.4, 0.5) is 0 Å². The van der Waals surface area contributed by atoms with E-state index in [0.717, 1.165) is 19.4 Å². The fourth-order valence-corrected chi connectivity index (χ4v) is 2.51. The van der Waals surface area contributed by atoms with Gasteiger partial charge in [-0.05, 0) is 31.2 Å². The Labute approximate surface area is 89.8 Å². The summed E-state index contributed by atoms with van der Waals surface area (Å²) in [5, 5.41) is 5.65. The van der Waals surface area contributed by atoms with Crippen LogP contribution in [-0.4, -0.2) is 23.9 Å². The van der Waals surface area contributed by atoms with E-state index in [-0.39, 0.29) is 11.8 Å². The van der Waals surface area contributed by atoms with E-state index < -0.39 is 5.54 Å². The molecule has 15 heavy (non-hydrogen) atoms. The molecule has 0 saturated carbocycles. The fourth-order valence-electron chi connectivity index (χ4n) is 2.51. The summed E-state index contributed by atoms with van der Waals surface area (Å²) >= 11 is 0. The number of hydrogen-bond acceptors (Lipinski definition) is 3. The third kappa shape index (κ3) is 1.78. The van der Waals surface area contributed by atoms with E-state index in [0.29, 0.717) is 18.3 Å². The minimum Gasteiger partial charge on any atom is -0.303 e. The van der Waals surface area contributed by atoms with E-state index in [1.165, 1.54) is 0 Å². The molecule has 2 N–H and O–H groups in total. The standard InChI is InChI=1S/C11H18N2O2/c1-7(2)8-3-4-11(12-6-8)5-9(14)13-10(11)15/h7-8,12H,3-6H2,1-2H3,(H,13,14,15). The van der Waals surface area contributed by atoms with E-state index in [2.05, 4.69) is 24.5 Å². The van der Waals surface area contributed by atoms with Crippen molar-refractivity contribution in [3.05, 3.63) is 0 Å². The van der Waals surface area contributed by atoms with Crippen LogP contribution in [0, 0.1) is 11.8 Å². The van der Waals surface area contributed by atoms with E-state index in [9.17, 15) is 9.59 Å².